The van der Waals surface area contributed by atoms with Crippen LogP contribution in [-0.2, 0) is 24.9 Å². The highest BCUT2D eigenvalue weighted by molar-refractivity contribution is 7.98. The SMILES string of the molecule is C=CCCC(=O)OCC(CSCc1ccccc1)NC(=O)C(CC=C)CC(=O)NC(C)CO. The van der Waals surface area contributed by atoms with Gasteiger partial charge in [0.1, 0.15) is 6.61 Å². The molecule has 8 heteroatoms. The molecule has 1 aromatic carbocycles. The van der Waals surface area contributed by atoms with Gasteiger partial charge in [0.15, 0.2) is 0 Å². The number of benzene rings is 1. The van der Waals surface area contributed by atoms with E-state index in [4.69, 9.17) is 9.84 Å². The maximum Gasteiger partial charge on any atom is 0.306 e. The first-order chi connectivity index (χ1) is 15.9. The van der Waals surface area contributed by atoms with Crippen molar-refractivity contribution in [1.29, 1.82) is 0 Å². The van der Waals surface area contributed by atoms with Crippen LogP contribution < -0.4 is 10.6 Å². The lowest BCUT2D eigenvalue weighted by atomic mass is 9.99. The summed E-state index contributed by atoms with van der Waals surface area (Å²) in [6, 6.07) is 9.17. The number of aliphatic hydroxyl groups is 1. The molecular weight excluding hydrogens is 440 g/mol. The largest absolute Gasteiger partial charge is 0.463 e. The van der Waals surface area contributed by atoms with E-state index in [1.807, 2.05) is 30.3 Å². The fourth-order valence-electron chi connectivity index (χ4n) is 2.92. The van der Waals surface area contributed by atoms with Crippen LogP contribution in [0.2, 0.25) is 0 Å². The lowest BCUT2D eigenvalue weighted by Gasteiger charge is -2.22. The Hall–Kier alpha value is -2.58. The Balaban J connectivity index is 2.73. The number of nitrogens with one attached hydrogen (secondary N) is 2. The molecule has 1 rings (SSSR count). The number of allylic oxidation sites excluding steroid dienone is 2. The smallest absolute Gasteiger partial charge is 0.306 e. The fourth-order valence-corrected chi connectivity index (χ4v) is 3.93. The van der Waals surface area contributed by atoms with E-state index >= 15 is 0 Å². The van der Waals surface area contributed by atoms with E-state index in [1.165, 1.54) is 0 Å². The summed E-state index contributed by atoms with van der Waals surface area (Å²) >= 11 is 1.63. The van der Waals surface area contributed by atoms with Gasteiger partial charge in [0.2, 0.25) is 11.8 Å². The fraction of sp³-hybridized carbons (Fsp3) is 0.480. The minimum Gasteiger partial charge on any atom is -0.463 e. The van der Waals surface area contributed by atoms with Crippen LogP contribution in [0.4, 0.5) is 0 Å². The molecule has 33 heavy (non-hydrogen) atoms. The Labute approximate surface area is 201 Å². The number of hydrogen-bond acceptors (Lipinski definition) is 6. The van der Waals surface area contributed by atoms with Crippen LogP contribution >= 0.6 is 11.8 Å². The molecule has 0 aromatic heterocycles. The molecule has 2 amide bonds. The third kappa shape index (κ3) is 12.9. The number of hydrogen-bond donors (Lipinski definition) is 3. The molecule has 1 aromatic rings. The molecule has 0 fully saturated rings. The van der Waals surface area contributed by atoms with Crippen molar-refractivity contribution in [2.75, 3.05) is 19.0 Å². The Morgan fingerprint density at radius 3 is 2.52 bits per heavy atom. The summed E-state index contributed by atoms with van der Waals surface area (Å²) in [6.07, 6.45) is 4.33. The van der Waals surface area contributed by atoms with Gasteiger partial charge in [-0.2, -0.15) is 11.8 Å². The number of amides is 2. The third-order valence-corrected chi connectivity index (χ3v) is 5.89. The van der Waals surface area contributed by atoms with E-state index in [-0.39, 0.29) is 49.9 Å². The van der Waals surface area contributed by atoms with Gasteiger partial charge in [0, 0.05) is 30.4 Å². The molecule has 182 valence electrons. The van der Waals surface area contributed by atoms with E-state index in [1.54, 1.807) is 30.8 Å². The highest BCUT2D eigenvalue weighted by Gasteiger charge is 2.24. The van der Waals surface area contributed by atoms with E-state index in [2.05, 4.69) is 23.8 Å². The van der Waals surface area contributed by atoms with Crippen molar-refractivity contribution in [2.24, 2.45) is 5.92 Å². The summed E-state index contributed by atoms with van der Waals surface area (Å²) < 4.78 is 5.36. The van der Waals surface area contributed by atoms with E-state index in [0.29, 0.717) is 18.6 Å². The van der Waals surface area contributed by atoms with Crippen LogP contribution in [0.3, 0.4) is 0 Å². The molecule has 0 aliphatic carbocycles. The monoisotopic (exact) mass is 476 g/mol. The lowest BCUT2D eigenvalue weighted by molar-refractivity contribution is -0.145. The molecule has 0 bridgehead atoms. The number of thioether (sulfide) groups is 1. The molecule has 3 atom stereocenters. The first-order valence-electron chi connectivity index (χ1n) is 11.1. The van der Waals surface area contributed by atoms with Crippen LogP contribution in [0.5, 0.6) is 0 Å². The van der Waals surface area contributed by atoms with Crippen LogP contribution in [0.25, 0.3) is 0 Å². The van der Waals surface area contributed by atoms with E-state index in [0.717, 1.165) is 11.3 Å². The van der Waals surface area contributed by atoms with Crippen molar-refractivity contribution in [3.8, 4) is 0 Å². The van der Waals surface area contributed by atoms with Crippen molar-refractivity contribution in [3.05, 3.63) is 61.2 Å². The van der Waals surface area contributed by atoms with Gasteiger partial charge in [0.25, 0.3) is 0 Å². The van der Waals surface area contributed by atoms with Crippen LogP contribution in [0.15, 0.2) is 55.6 Å². The normalized spacial score (nSPS) is 13.3. The minimum atomic E-state index is -0.605. The molecule has 3 unspecified atom stereocenters. The molecule has 3 N–H and O–H groups in total. The van der Waals surface area contributed by atoms with Crippen LogP contribution in [0, 0.1) is 5.92 Å². The van der Waals surface area contributed by atoms with Crippen molar-refractivity contribution < 1.29 is 24.2 Å². The highest BCUT2D eigenvalue weighted by atomic mass is 32.2. The van der Waals surface area contributed by atoms with Crippen molar-refractivity contribution in [1.82, 2.24) is 10.6 Å². The molecule has 7 nitrogen and oxygen atoms in total. The van der Waals surface area contributed by atoms with Gasteiger partial charge < -0.3 is 20.5 Å². The number of carbonyl (C=O) groups excluding carboxylic acids is 3. The quantitative estimate of drug-likeness (QED) is 0.236. The van der Waals surface area contributed by atoms with Gasteiger partial charge in [-0.3, -0.25) is 14.4 Å². The van der Waals surface area contributed by atoms with Gasteiger partial charge in [-0.1, -0.05) is 42.5 Å². The summed E-state index contributed by atoms with van der Waals surface area (Å²) in [4.78, 5) is 37.1. The number of aliphatic hydroxyl groups excluding tert-OH is 1. The average molecular weight is 477 g/mol. The first kappa shape index (κ1) is 28.5. The van der Waals surface area contributed by atoms with Crippen molar-refractivity contribution >= 4 is 29.5 Å². The molecule has 0 aliphatic rings. The third-order valence-electron chi connectivity index (χ3n) is 4.71. The predicted octanol–water partition coefficient (Wildman–Crippen LogP) is 2.99. The Morgan fingerprint density at radius 1 is 1.15 bits per heavy atom. The second-order valence-electron chi connectivity index (χ2n) is 7.79. The zero-order chi connectivity index (χ0) is 24.5. The Kier molecular flexibility index (Phi) is 14.6. The van der Waals surface area contributed by atoms with Gasteiger partial charge in [0.05, 0.1) is 18.6 Å². The van der Waals surface area contributed by atoms with Crippen LogP contribution in [0.1, 0.15) is 38.2 Å². The molecule has 0 spiro atoms. The van der Waals surface area contributed by atoms with Gasteiger partial charge in [-0.05, 0) is 25.3 Å². The summed E-state index contributed by atoms with van der Waals surface area (Å²) in [5, 5.41) is 14.7. The zero-order valence-corrected chi connectivity index (χ0v) is 20.1. The number of ether oxygens (including phenoxy) is 1. The van der Waals surface area contributed by atoms with Crippen molar-refractivity contribution in [3.63, 3.8) is 0 Å². The topological polar surface area (TPSA) is 105 Å². The molecule has 0 saturated carbocycles. The minimum absolute atomic E-state index is 0.0226. The average Bonchev–Trinajstić information content (AvgIpc) is 2.81. The molecule has 0 radical (unpaired) electrons. The number of esters is 1. The summed E-state index contributed by atoms with van der Waals surface area (Å²) in [5.41, 5.74) is 1.16. The van der Waals surface area contributed by atoms with Gasteiger partial charge >= 0.3 is 5.97 Å². The van der Waals surface area contributed by atoms with Crippen molar-refractivity contribution in [2.45, 2.75) is 50.4 Å². The molecule has 0 heterocycles. The summed E-state index contributed by atoms with van der Waals surface area (Å²) in [7, 11) is 0. The lowest BCUT2D eigenvalue weighted by Crippen LogP contribution is -2.45. The zero-order valence-electron chi connectivity index (χ0n) is 19.3. The molecular formula is C25H36N2O5S. The van der Waals surface area contributed by atoms with Gasteiger partial charge in [-0.15, -0.1) is 13.2 Å². The highest BCUT2D eigenvalue weighted by Crippen LogP contribution is 2.15. The van der Waals surface area contributed by atoms with Crippen LogP contribution in [-0.4, -0.2) is 53.9 Å². The summed E-state index contributed by atoms with van der Waals surface area (Å²) in [6.45, 7) is 8.84. The number of carbonyl (C=O) groups is 3. The predicted molar refractivity (Wildman–Crippen MR) is 133 cm³/mol. The van der Waals surface area contributed by atoms with E-state index in [9.17, 15) is 14.4 Å². The maximum atomic E-state index is 12.9. The molecule has 0 aliphatic heterocycles. The Morgan fingerprint density at radius 2 is 1.88 bits per heavy atom. The standard InChI is InChI=1S/C25H36N2O5S/c1-4-6-13-24(30)32-16-22(18-33-17-20-11-8-7-9-12-20)27-25(31)21(10-5-2)14-23(29)26-19(3)15-28/h4-5,7-9,11-12,19,21-22,28H,1-2,6,10,13-18H2,3H3,(H,26,29)(H,27,31). The van der Waals surface area contributed by atoms with Gasteiger partial charge in [-0.25, -0.2) is 0 Å². The second-order valence-corrected chi connectivity index (χ2v) is 8.82. The second kappa shape index (κ2) is 17.0. The Bertz CT molecular complexity index is 756. The molecule has 0 saturated heterocycles. The number of rotatable bonds is 17. The van der Waals surface area contributed by atoms with E-state index < -0.39 is 12.0 Å². The summed E-state index contributed by atoms with van der Waals surface area (Å²) in [5.74, 6) is -0.258. The first-order valence-corrected chi connectivity index (χ1v) is 12.2. The maximum absolute atomic E-state index is 12.9.